The second-order valence-electron chi connectivity index (χ2n) is 8.41. The molecular weight excluding hydrogens is 408 g/mol. The second-order valence-corrected chi connectivity index (χ2v) is 8.41. The van der Waals surface area contributed by atoms with Crippen LogP contribution in [0.25, 0.3) is 33.2 Å². The number of hydrogen-bond acceptors (Lipinski definition) is 5. The van der Waals surface area contributed by atoms with Crippen molar-refractivity contribution in [3.8, 4) is 28.3 Å². The number of para-hydroxylation sites is 1. The average Bonchev–Trinajstić information content (AvgIpc) is 2.84. The smallest absolute Gasteiger partial charge is 0.132 e. The lowest BCUT2D eigenvalue weighted by molar-refractivity contribution is 0.127. The second kappa shape index (κ2) is 8.40. The SMILES string of the molecule is CC1=CN(c2ccc(-c3cnc4c(-c5ccc(C#N)cc5)cccc4c3C)cn2)C[C@H](C)O1. The van der Waals surface area contributed by atoms with Gasteiger partial charge >= 0.3 is 0 Å². The van der Waals surface area contributed by atoms with Crippen LogP contribution in [0.15, 0.2) is 79.0 Å². The van der Waals surface area contributed by atoms with E-state index in [1.807, 2.05) is 55.8 Å². The molecule has 33 heavy (non-hydrogen) atoms. The van der Waals surface area contributed by atoms with Crippen LogP contribution in [0.4, 0.5) is 5.82 Å². The summed E-state index contributed by atoms with van der Waals surface area (Å²) in [5.41, 5.74) is 6.99. The fourth-order valence-corrected chi connectivity index (χ4v) is 4.41. The highest BCUT2D eigenvalue weighted by molar-refractivity contribution is 5.98. The van der Waals surface area contributed by atoms with Crippen molar-refractivity contribution in [3.05, 3.63) is 90.1 Å². The van der Waals surface area contributed by atoms with Crippen LogP contribution < -0.4 is 4.90 Å². The monoisotopic (exact) mass is 432 g/mol. The van der Waals surface area contributed by atoms with Gasteiger partial charge in [0.2, 0.25) is 0 Å². The van der Waals surface area contributed by atoms with Gasteiger partial charge in [-0.3, -0.25) is 4.98 Å². The van der Waals surface area contributed by atoms with E-state index in [2.05, 4.69) is 49.1 Å². The molecule has 0 saturated carbocycles. The third-order valence-corrected chi connectivity index (χ3v) is 6.02. The van der Waals surface area contributed by atoms with E-state index in [9.17, 15) is 0 Å². The molecule has 0 unspecified atom stereocenters. The molecule has 2 aromatic carbocycles. The quantitative estimate of drug-likeness (QED) is 0.384. The number of nitrogens with zero attached hydrogens (tertiary/aromatic N) is 4. The molecule has 0 spiro atoms. The van der Waals surface area contributed by atoms with Crippen LogP contribution in [0.3, 0.4) is 0 Å². The van der Waals surface area contributed by atoms with Gasteiger partial charge in [-0.2, -0.15) is 5.26 Å². The highest BCUT2D eigenvalue weighted by Gasteiger charge is 2.18. The van der Waals surface area contributed by atoms with E-state index in [0.717, 1.165) is 51.3 Å². The third-order valence-electron chi connectivity index (χ3n) is 6.02. The molecular formula is C28H24N4O. The Morgan fingerprint density at radius 1 is 0.939 bits per heavy atom. The Morgan fingerprint density at radius 3 is 2.42 bits per heavy atom. The third kappa shape index (κ3) is 3.92. The van der Waals surface area contributed by atoms with Gasteiger partial charge in [0, 0.05) is 40.7 Å². The Morgan fingerprint density at radius 2 is 1.73 bits per heavy atom. The van der Waals surface area contributed by atoms with Crippen LogP contribution in [0.5, 0.6) is 0 Å². The molecule has 5 rings (SSSR count). The van der Waals surface area contributed by atoms with E-state index in [4.69, 9.17) is 20.0 Å². The predicted molar refractivity (Wildman–Crippen MR) is 132 cm³/mol. The number of allylic oxidation sites excluding steroid dienone is 1. The first-order valence-corrected chi connectivity index (χ1v) is 11.0. The summed E-state index contributed by atoms with van der Waals surface area (Å²) in [5.74, 6) is 1.80. The van der Waals surface area contributed by atoms with Gasteiger partial charge in [0.05, 0.1) is 23.7 Å². The van der Waals surface area contributed by atoms with Gasteiger partial charge in [0.15, 0.2) is 0 Å². The molecule has 0 bridgehead atoms. The van der Waals surface area contributed by atoms with E-state index in [0.29, 0.717) is 5.56 Å². The van der Waals surface area contributed by atoms with Gasteiger partial charge in [-0.05, 0) is 56.2 Å². The van der Waals surface area contributed by atoms with E-state index in [1.54, 1.807) is 0 Å². The van der Waals surface area contributed by atoms with E-state index >= 15 is 0 Å². The van der Waals surface area contributed by atoms with Crippen LogP contribution in [0, 0.1) is 18.3 Å². The first-order chi connectivity index (χ1) is 16.0. The minimum Gasteiger partial charge on any atom is -0.492 e. The average molecular weight is 433 g/mol. The van der Waals surface area contributed by atoms with E-state index in [-0.39, 0.29) is 6.10 Å². The zero-order valence-corrected chi connectivity index (χ0v) is 18.9. The van der Waals surface area contributed by atoms with Gasteiger partial charge in [0.1, 0.15) is 17.7 Å². The number of nitriles is 1. The number of aryl methyl sites for hydroxylation is 1. The van der Waals surface area contributed by atoms with Crippen molar-refractivity contribution in [2.24, 2.45) is 0 Å². The first-order valence-electron chi connectivity index (χ1n) is 11.0. The van der Waals surface area contributed by atoms with Crippen LogP contribution in [-0.4, -0.2) is 22.6 Å². The normalized spacial score (nSPS) is 15.6. The summed E-state index contributed by atoms with van der Waals surface area (Å²) in [4.78, 5) is 11.7. The maximum Gasteiger partial charge on any atom is 0.132 e. The minimum atomic E-state index is 0.133. The number of hydrogen-bond donors (Lipinski definition) is 0. The zero-order valence-electron chi connectivity index (χ0n) is 18.9. The van der Waals surface area contributed by atoms with Crippen molar-refractivity contribution in [3.63, 3.8) is 0 Å². The summed E-state index contributed by atoms with van der Waals surface area (Å²) >= 11 is 0. The van der Waals surface area contributed by atoms with Gasteiger partial charge in [-0.1, -0.05) is 30.3 Å². The summed E-state index contributed by atoms with van der Waals surface area (Å²) in [5, 5.41) is 10.2. The molecule has 1 atom stereocenters. The van der Waals surface area contributed by atoms with Crippen LogP contribution in [-0.2, 0) is 4.74 Å². The molecule has 0 saturated heterocycles. The van der Waals surface area contributed by atoms with E-state index < -0.39 is 0 Å². The number of aromatic nitrogens is 2. The highest BCUT2D eigenvalue weighted by atomic mass is 16.5. The maximum atomic E-state index is 9.08. The molecule has 1 aliphatic heterocycles. The summed E-state index contributed by atoms with van der Waals surface area (Å²) in [6.07, 6.45) is 5.98. The zero-order chi connectivity index (χ0) is 22.9. The molecule has 4 aromatic rings. The van der Waals surface area contributed by atoms with Crippen LogP contribution in [0.1, 0.15) is 25.0 Å². The predicted octanol–water partition coefficient (Wildman–Crippen LogP) is 6.23. The molecule has 5 nitrogen and oxygen atoms in total. The van der Waals surface area contributed by atoms with Crippen molar-refractivity contribution in [2.75, 3.05) is 11.4 Å². The summed E-state index contributed by atoms with van der Waals surface area (Å²) in [6.45, 7) is 6.94. The number of pyridine rings is 2. The molecule has 1 aliphatic rings. The first kappa shape index (κ1) is 20.7. The van der Waals surface area contributed by atoms with Crippen LogP contribution in [0.2, 0.25) is 0 Å². The molecule has 5 heteroatoms. The van der Waals surface area contributed by atoms with Gasteiger partial charge in [-0.25, -0.2) is 4.98 Å². The largest absolute Gasteiger partial charge is 0.492 e. The van der Waals surface area contributed by atoms with Gasteiger partial charge < -0.3 is 9.64 Å². The molecule has 0 N–H and O–H groups in total. The Kier molecular flexibility index (Phi) is 5.27. The summed E-state index contributed by atoms with van der Waals surface area (Å²) in [7, 11) is 0. The standard InChI is InChI=1S/C28H24N4O/c1-18-16-32(17-19(2)33-18)27-12-11-23(14-30-27)26-15-31-28-24(20(26)3)5-4-6-25(28)22-9-7-21(13-29)8-10-22/h4-12,14-16,19H,17H2,1-3H3/t19-/m0/s1. The van der Waals surface area contributed by atoms with Crippen molar-refractivity contribution in [1.29, 1.82) is 5.26 Å². The topological polar surface area (TPSA) is 62.0 Å². The number of anilines is 1. The maximum absolute atomic E-state index is 9.08. The molecule has 2 aromatic heterocycles. The van der Waals surface area contributed by atoms with Gasteiger partial charge in [0.25, 0.3) is 0 Å². The number of fused-ring (bicyclic) bond motifs is 1. The summed E-state index contributed by atoms with van der Waals surface area (Å²) in [6, 6.07) is 20.2. The van der Waals surface area contributed by atoms with Crippen molar-refractivity contribution >= 4 is 16.7 Å². The van der Waals surface area contributed by atoms with Crippen LogP contribution >= 0.6 is 0 Å². The number of benzene rings is 2. The fraction of sp³-hybridized carbons (Fsp3) is 0.179. The molecule has 0 aliphatic carbocycles. The molecule has 0 amide bonds. The number of ether oxygens (including phenoxy) is 1. The van der Waals surface area contributed by atoms with Crippen molar-refractivity contribution < 1.29 is 4.74 Å². The minimum absolute atomic E-state index is 0.133. The summed E-state index contributed by atoms with van der Waals surface area (Å²) < 4.78 is 5.71. The lowest BCUT2D eigenvalue weighted by atomic mass is 9.95. The lowest BCUT2D eigenvalue weighted by Gasteiger charge is -2.29. The Labute approximate surface area is 193 Å². The number of rotatable bonds is 3. The molecule has 3 heterocycles. The van der Waals surface area contributed by atoms with Gasteiger partial charge in [-0.15, -0.1) is 0 Å². The van der Waals surface area contributed by atoms with Crippen molar-refractivity contribution in [1.82, 2.24) is 9.97 Å². The van der Waals surface area contributed by atoms with Crippen molar-refractivity contribution in [2.45, 2.75) is 26.9 Å². The Bertz CT molecular complexity index is 1400. The molecule has 0 fully saturated rings. The molecule has 162 valence electrons. The van der Waals surface area contributed by atoms with E-state index in [1.165, 1.54) is 5.56 Å². The highest BCUT2D eigenvalue weighted by Crippen LogP contribution is 2.34. The lowest BCUT2D eigenvalue weighted by Crippen LogP contribution is -2.33. The Hall–Kier alpha value is -4.17. The molecule has 0 radical (unpaired) electrons. The Balaban J connectivity index is 1.51. The fourth-order valence-electron chi connectivity index (χ4n) is 4.41.